The van der Waals surface area contributed by atoms with Crippen LogP contribution in [0.1, 0.15) is 30.0 Å². The summed E-state index contributed by atoms with van der Waals surface area (Å²) < 4.78 is 25.8. The molecule has 0 aromatic heterocycles. The molecule has 1 nitrogen and oxygen atoms in total. The van der Waals surface area contributed by atoms with Gasteiger partial charge in [0.2, 0.25) is 0 Å². The van der Waals surface area contributed by atoms with Gasteiger partial charge in [-0.05, 0) is 18.9 Å². The van der Waals surface area contributed by atoms with E-state index in [1.165, 1.54) is 5.56 Å². The summed E-state index contributed by atoms with van der Waals surface area (Å²) in [6, 6.07) is 8.12. The van der Waals surface area contributed by atoms with Crippen LogP contribution in [0.2, 0.25) is 0 Å². The largest absolute Gasteiger partial charge is 0.304 e. The van der Waals surface area contributed by atoms with E-state index in [1.807, 2.05) is 25.1 Å². The molecule has 15 heavy (non-hydrogen) atoms. The van der Waals surface area contributed by atoms with E-state index in [-0.39, 0.29) is 19.0 Å². The molecular formula is C12H15F2N. The van der Waals surface area contributed by atoms with Crippen molar-refractivity contribution in [1.82, 2.24) is 5.32 Å². The Bertz CT molecular complexity index is 339. The zero-order chi connectivity index (χ0) is 10.9. The topological polar surface area (TPSA) is 12.0 Å². The van der Waals surface area contributed by atoms with Crippen molar-refractivity contribution in [2.45, 2.75) is 31.7 Å². The fourth-order valence-corrected chi connectivity index (χ4v) is 1.99. The van der Waals surface area contributed by atoms with Crippen molar-refractivity contribution < 1.29 is 8.78 Å². The summed E-state index contributed by atoms with van der Waals surface area (Å²) in [5, 5.41) is 2.90. The van der Waals surface area contributed by atoms with E-state index >= 15 is 0 Å². The second kappa shape index (κ2) is 3.89. The zero-order valence-electron chi connectivity index (χ0n) is 8.76. The lowest BCUT2D eigenvalue weighted by atomic mass is 9.95. The van der Waals surface area contributed by atoms with Gasteiger partial charge in [0.1, 0.15) is 0 Å². The standard InChI is InChI=1S/C12H15F2N/c1-9-3-2-4-10(7-9)11-5-6-12(13,14)8-15-11/h2-4,7,11,15H,5-6,8H2,1H3. The van der Waals surface area contributed by atoms with E-state index in [4.69, 9.17) is 0 Å². The molecule has 1 aromatic rings. The van der Waals surface area contributed by atoms with Crippen LogP contribution in [0.5, 0.6) is 0 Å². The molecule has 2 rings (SSSR count). The van der Waals surface area contributed by atoms with Crippen molar-refractivity contribution >= 4 is 0 Å². The average Bonchev–Trinajstić information content (AvgIpc) is 2.17. The summed E-state index contributed by atoms with van der Waals surface area (Å²) in [6.45, 7) is 1.81. The molecule has 0 bridgehead atoms. The lowest BCUT2D eigenvalue weighted by Gasteiger charge is -2.30. The maximum absolute atomic E-state index is 12.9. The van der Waals surface area contributed by atoms with Crippen LogP contribution in [0.4, 0.5) is 8.78 Å². The number of hydrogen-bond acceptors (Lipinski definition) is 1. The third-order valence-corrected chi connectivity index (χ3v) is 2.85. The highest BCUT2D eigenvalue weighted by Gasteiger charge is 2.34. The lowest BCUT2D eigenvalue weighted by molar-refractivity contribution is -0.0303. The van der Waals surface area contributed by atoms with Gasteiger partial charge in [0.15, 0.2) is 0 Å². The first-order valence-corrected chi connectivity index (χ1v) is 5.25. The molecule has 3 heteroatoms. The number of alkyl halides is 2. The van der Waals surface area contributed by atoms with Crippen molar-refractivity contribution in [3.63, 3.8) is 0 Å². The van der Waals surface area contributed by atoms with Gasteiger partial charge >= 0.3 is 0 Å². The molecule has 82 valence electrons. The third-order valence-electron chi connectivity index (χ3n) is 2.85. The van der Waals surface area contributed by atoms with E-state index in [9.17, 15) is 8.78 Å². The number of piperidine rings is 1. The van der Waals surface area contributed by atoms with Gasteiger partial charge < -0.3 is 5.32 Å². The number of halogens is 2. The number of hydrogen-bond donors (Lipinski definition) is 1. The minimum atomic E-state index is -2.53. The fraction of sp³-hybridized carbons (Fsp3) is 0.500. The molecule has 1 aromatic carbocycles. The molecule has 1 atom stereocenters. The third kappa shape index (κ3) is 2.53. The number of nitrogens with one attached hydrogen (secondary N) is 1. The maximum atomic E-state index is 12.9. The molecule has 1 N–H and O–H groups in total. The van der Waals surface area contributed by atoms with E-state index in [2.05, 4.69) is 11.4 Å². The summed E-state index contributed by atoms with van der Waals surface area (Å²) in [7, 11) is 0. The molecule has 1 unspecified atom stereocenters. The summed E-state index contributed by atoms with van der Waals surface area (Å²) in [6.07, 6.45) is 0.495. The molecule has 0 amide bonds. The van der Waals surface area contributed by atoms with Gasteiger partial charge in [-0.25, -0.2) is 8.78 Å². The van der Waals surface area contributed by atoms with Crippen molar-refractivity contribution in [2.24, 2.45) is 0 Å². The Morgan fingerprint density at radius 1 is 1.40 bits per heavy atom. The first-order chi connectivity index (χ1) is 7.07. The highest BCUT2D eigenvalue weighted by Crippen LogP contribution is 2.31. The summed E-state index contributed by atoms with van der Waals surface area (Å²) in [5.74, 6) is -2.53. The van der Waals surface area contributed by atoms with Crippen LogP contribution in [0.15, 0.2) is 24.3 Å². The van der Waals surface area contributed by atoms with E-state index in [0.29, 0.717) is 6.42 Å². The Labute approximate surface area is 88.5 Å². The van der Waals surface area contributed by atoms with Crippen LogP contribution in [-0.2, 0) is 0 Å². The normalized spacial score (nSPS) is 25.1. The highest BCUT2D eigenvalue weighted by atomic mass is 19.3. The van der Waals surface area contributed by atoms with Gasteiger partial charge in [-0.15, -0.1) is 0 Å². The van der Waals surface area contributed by atoms with Gasteiger partial charge in [0.05, 0.1) is 6.54 Å². The Morgan fingerprint density at radius 3 is 2.80 bits per heavy atom. The van der Waals surface area contributed by atoms with E-state index in [0.717, 1.165) is 5.56 Å². The van der Waals surface area contributed by atoms with Gasteiger partial charge in [-0.2, -0.15) is 0 Å². The second-order valence-electron chi connectivity index (χ2n) is 4.24. The van der Waals surface area contributed by atoms with Gasteiger partial charge in [0, 0.05) is 12.5 Å². The van der Waals surface area contributed by atoms with Gasteiger partial charge in [-0.1, -0.05) is 29.8 Å². The van der Waals surface area contributed by atoms with Crippen molar-refractivity contribution in [3.8, 4) is 0 Å². The van der Waals surface area contributed by atoms with Crippen molar-refractivity contribution in [2.75, 3.05) is 6.54 Å². The van der Waals surface area contributed by atoms with Gasteiger partial charge in [0.25, 0.3) is 5.92 Å². The molecule has 1 saturated heterocycles. The first-order valence-electron chi connectivity index (χ1n) is 5.25. The monoisotopic (exact) mass is 211 g/mol. The van der Waals surface area contributed by atoms with Crippen molar-refractivity contribution in [3.05, 3.63) is 35.4 Å². The molecule has 0 saturated carbocycles. The Morgan fingerprint density at radius 2 is 2.20 bits per heavy atom. The predicted molar refractivity (Wildman–Crippen MR) is 56.1 cm³/mol. The average molecular weight is 211 g/mol. The van der Waals surface area contributed by atoms with E-state index in [1.54, 1.807) is 0 Å². The molecule has 1 heterocycles. The molecular weight excluding hydrogens is 196 g/mol. The first kappa shape index (κ1) is 10.6. The second-order valence-corrected chi connectivity index (χ2v) is 4.24. The lowest BCUT2D eigenvalue weighted by Crippen LogP contribution is -2.40. The van der Waals surface area contributed by atoms with Crippen LogP contribution >= 0.6 is 0 Å². The molecule has 0 radical (unpaired) electrons. The van der Waals surface area contributed by atoms with Crippen LogP contribution in [0.3, 0.4) is 0 Å². The van der Waals surface area contributed by atoms with E-state index < -0.39 is 5.92 Å². The minimum absolute atomic E-state index is 0.0153. The SMILES string of the molecule is Cc1cccc(C2CCC(F)(F)CN2)c1. The molecule has 1 aliphatic rings. The maximum Gasteiger partial charge on any atom is 0.260 e. The highest BCUT2D eigenvalue weighted by molar-refractivity contribution is 5.25. The molecule has 0 aliphatic carbocycles. The molecule has 1 aliphatic heterocycles. The predicted octanol–water partition coefficient (Wildman–Crippen LogP) is 3.05. The number of benzene rings is 1. The Balaban J connectivity index is 2.08. The number of rotatable bonds is 1. The van der Waals surface area contributed by atoms with Crippen LogP contribution in [0, 0.1) is 6.92 Å². The Kier molecular flexibility index (Phi) is 2.74. The number of aryl methyl sites for hydroxylation is 1. The van der Waals surface area contributed by atoms with Crippen molar-refractivity contribution in [1.29, 1.82) is 0 Å². The summed E-state index contributed by atoms with van der Waals surface area (Å²) in [4.78, 5) is 0. The smallest absolute Gasteiger partial charge is 0.260 e. The van der Waals surface area contributed by atoms with Crippen LogP contribution in [0.25, 0.3) is 0 Å². The van der Waals surface area contributed by atoms with Gasteiger partial charge in [-0.3, -0.25) is 0 Å². The molecule has 1 fully saturated rings. The summed E-state index contributed by atoms with van der Waals surface area (Å²) >= 11 is 0. The fourth-order valence-electron chi connectivity index (χ4n) is 1.99. The minimum Gasteiger partial charge on any atom is -0.304 e. The van der Waals surface area contributed by atoms with Crippen LogP contribution < -0.4 is 5.32 Å². The Hall–Kier alpha value is -0.960. The quantitative estimate of drug-likeness (QED) is 0.752. The summed E-state index contributed by atoms with van der Waals surface area (Å²) in [5.41, 5.74) is 2.29. The molecule has 0 spiro atoms. The van der Waals surface area contributed by atoms with Crippen LogP contribution in [-0.4, -0.2) is 12.5 Å². The zero-order valence-corrected chi connectivity index (χ0v) is 8.76.